The summed E-state index contributed by atoms with van der Waals surface area (Å²) in [4.78, 5) is 21.9. The van der Waals surface area contributed by atoms with E-state index >= 15 is 0 Å². The fourth-order valence-corrected chi connectivity index (χ4v) is 3.50. The maximum atomic E-state index is 11.1. The molecule has 5 heteroatoms. The maximum Gasteiger partial charge on any atom is 0.306 e. The van der Waals surface area contributed by atoms with Gasteiger partial charge in [0.2, 0.25) is 0 Å². The molecule has 0 heterocycles. The van der Waals surface area contributed by atoms with Crippen LogP contribution in [0, 0.1) is 17.3 Å². The highest BCUT2D eigenvalue weighted by Crippen LogP contribution is 2.52. The van der Waals surface area contributed by atoms with Gasteiger partial charge in [-0.2, -0.15) is 0 Å². The molecule has 2 aliphatic rings. The molecule has 126 valence electrons. The van der Waals surface area contributed by atoms with Crippen LogP contribution in [0.25, 0.3) is 0 Å². The van der Waals surface area contributed by atoms with E-state index in [4.69, 9.17) is 10.2 Å². The van der Waals surface area contributed by atoms with E-state index in [-0.39, 0.29) is 23.9 Å². The molecule has 0 aliphatic heterocycles. The van der Waals surface area contributed by atoms with Crippen molar-refractivity contribution in [1.82, 2.24) is 0 Å². The molecular weight excluding hydrogens is 284 g/mol. The third-order valence-corrected chi connectivity index (χ3v) is 5.29. The number of carboxylic acid groups (broad SMARTS) is 2. The van der Waals surface area contributed by atoms with Crippen molar-refractivity contribution < 1.29 is 24.9 Å². The minimum absolute atomic E-state index is 0.00588. The largest absolute Gasteiger partial charge is 0.481 e. The predicted molar refractivity (Wildman–Crippen MR) is 81.5 cm³/mol. The average molecular weight is 312 g/mol. The standard InChI is InChI=1S/C17H28O5/c18-13(3-1-5-14(16(21)22)12-6-7-12)4-2-8-17(9-10-17)11-15(19)20/h12-14,18H,1-11H2,(H,19,20)(H,21,22). The Bertz CT molecular complexity index is 398. The van der Waals surface area contributed by atoms with Gasteiger partial charge in [0.05, 0.1) is 18.4 Å². The van der Waals surface area contributed by atoms with Gasteiger partial charge in [-0.1, -0.05) is 12.8 Å². The number of hydrogen-bond donors (Lipinski definition) is 3. The van der Waals surface area contributed by atoms with Crippen molar-refractivity contribution >= 4 is 11.9 Å². The summed E-state index contributed by atoms with van der Waals surface area (Å²) in [6.45, 7) is 0. The van der Waals surface area contributed by atoms with Crippen LogP contribution in [-0.2, 0) is 9.59 Å². The van der Waals surface area contributed by atoms with Gasteiger partial charge in [-0.05, 0) is 62.7 Å². The maximum absolute atomic E-state index is 11.1. The van der Waals surface area contributed by atoms with Crippen LogP contribution in [0.5, 0.6) is 0 Å². The third-order valence-electron chi connectivity index (χ3n) is 5.29. The SMILES string of the molecule is O=C(O)CC1(CCCC(O)CCCC(C(=O)O)C2CC2)CC1. The van der Waals surface area contributed by atoms with Crippen molar-refractivity contribution in [2.45, 2.75) is 76.7 Å². The number of aliphatic hydroxyl groups excluding tert-OH is 1. The van der Waals surface area contributed by atoms with Crippen LogP contribution in [0.2, 0.25) is 0 Å². The normalized spacial score (nSPS) is 22.0. The summed E-state index contributed by atoms with van der Waals surface area (Å²) in [5.74, 6) is -1.28. The zero-order chi connectivity index (χ0) is 16.2. The summed E-state index contributed by atoms with van der Waals surface area (Å²) < 4.78 is 0. The van der Waals surface area contributed by atoms with E-state index in [0.717, 1.165) is 44.9 Å². The van der Waals surface area contributed by atoms with Crippen LogP contribution < -0.4 is 0 Å². The lowest BCUT2D eigenvalue weighted by Crippen LogP contribution is -2.17. The van der Waals surface area contributed by atoms with Gasteiger partial charge < -0.3 is 15.3 Å². The quantitative estimate of drug-likeness (QED) is 0.515. The molecule has 0 spiro atoms. The molecule has 0 amide bonds. The summed E-state index contributed by atoms with van der Waals surface area (Å²) in [6, 6.07) is 0. The Morgan fingerprint density at radius 3 is 2.18 bits per heavy atom. The first kappa shape index (κ1) is 17.3. The van der Waals surface area contributed by atoms with Gasteiger partial charge in [0.1, 0.15) is 0 Å². The molecule has 0 radical (unpaired) electrons. The average Bonchev–Trinajstić information content (AvgIpc) is 3.30. The number of aliphatic hydroxyl groups is 1. The molecule has 0 aromatic heterocycles. The third kappa shape index (κ3) is 5.59. The zero-order valence-electron chi connectivity index (χ0n) is 13.2. The molecule has 2 fully saturated rings. The Labute approximate surface area is 131 Å². The molecule has 22 heavy (non-hydrogen) atoms. The molecule has 2 aliphatic carbocycles. The van der Waals surface area contributed by atoms with E-state index in [1.54, 1.807) is 0 Å². The highest BCUT2D eigenvalue weighted by atomic mass is 16.4. The first-order valence-electron chi connectivity index (χ1n) is 8.54. The van der Waals surface area contributed by atoms with Crippen LogP contribution in [0.3, 0.4) is 0 Å². The van der Waals surface area contributed by atoms with Crippen molar-refractivity contribution in [2.24, 2.45) is 17.3 Å². The van der Waals surface area contributed by atoms with Crippen LogP contribution in [0.1, 0.15) is 70.6 Å². The lowest BCUT2D eigenvalue weighted by atomic mass is 9.92. The van der Waals surface area contributed by atoms with E-state index in [1.807, 2.05) is 0 Å². The number of carbonyl (C=O) groups is 2. The van der Waals surface area contributed by atoms with Crippen LogP contribution in [-0.4, -0.2) is 33.4 Å². The summed E-state index contributed by atoms with van der Waals surface area (Å²) >= 11 is 0. The van der Waals surface area contributed by atoms with Gasteiger partial charge in [0.15, 0.2) is 0 Å². The fraction of sp³-hybridized carbons (Fsp3) is 0.882. The molecule has 3 N–H and O–H groups in total. The summed E-state index contributed by atoms with van der Waals surface area (Å²) in [7, 11) is 0. The Morgan fingerprint density at radius 2 is 1.68 bits per heavy atom. The molecular formula is C17H28O5. The second-order valence-corrected chi connectivity index (χ2v) is 7.33. The minimum atomic E-state index is -0.724. The summed E-state index contributed by atoms with van der Waals surface area (Å²) in [5, 5.41) is 28.0. The van der Waals surface area contributed by atoms with Gasteiger partial charge in [-0.15, -0.1) is 0 Å². The first-order valence-corrected chi connectivity index (χ1v) is 8.54. The molecule has 2 saturated carbocycles. The number of rotatable bonds is 12. The molecule has 2 unspecified atom stereocenters. The van der Waals surface area contributed by atoms with Crippen molar-refractivity contribution in [3.63, 3.8) is 0 Å². The van der Waals surface area contributed by atoms with Gasteiger partial charge in [-0.3, -0.25) is 9.59 Å². The van der Waals surface area contributed by atoms with E-state index in [2.05, 4.69) is 0 Å². The van der Waals surface area contributed by atoms with Gasteiger partial charge in [0.25, 0.3) is 0 Å². The summed E-state index contributed by atoms with van der Waals surface area (Å²) in [6.07, 6.45) is 8.46. The van der Waals surface area contributed by atoms with Crippen LogP contribution in [0.15, 0.2) is 0 Å². The zero-order valence-corrected chi connectivity index (χ0v) is 13.2. The van der Waals surface area contributed by atoms with Crippen molar-refractivity contribution in [2.75, 3.05) is 0 Å². The first-order chi connectivity index (χ1) is 10.4. The molecule has 0 aromatic carbocycles. The van der Waals surface area contributed by atoms with Crippen molar-refractivity contribution in [3.8, 4) is 0 Å². The van der Waals surface area contributed by atoms with Gasteiger partial charge >= 0.3 is 11.9 Å². The van der Waals surface area contributed by atoms with Gasteiger partial charge in [0, 0.05) is 0 Å². The molecule has 5 nitrogen and oxygen atoms in total. The second-order valence-electron chi connectivity index (χ2n) is 7.33. The Balaban J connectivity index is 1.55. The second kappa shape index (κ2) is 7.44. The minimum Gasteiger partial charge on any atom is -0.481 e. The Morgan fingerprint density at radius 1 is 1.05 bits per heavy atom. The fourth-order valence-electron chi connectivity index (χ4n) is 3.50. The Kier molecular flexibility index (Phi) is 5.84. The van der Waals surface area contributed by atoms with E-state index in [1.165, 1.54) is 0 Å². The lowest BCUT2D eigenvalue weighted by molar-refractivity contribution is -0.143. The van der Waals surface area contributed by atoms with E-state index in [9.17, 15) is 14.7 Å². The Hall–Kier alpha value is -1.10. The van der Waals surface area contributed by atoms with Crippen molar-refractivity contribution in [3.05, 3.63) is 0 Å². The topological polar surface area (TPSA) is 94.8 Å². The predicted octanol–water partition coefficient (Wildman–Crippen LogP) is 3.05. The lowest BCUT2D eigenvalue weighted by Gasteiger charge is -2.16. The highest BCUT2D eigenvalue weighted by Gasteiger charge is 2.43. The molecule has 0 aromatic rings. The van der Waals surface area contributed by atoms with E-state index in [0.29, 0.717) is 25.2 Å². The smallest absolute Gasteiger partial charge is 0.306 e. The number of aliphatic carboxylic acids is 2. The molecule has 2 rings (SSSR count). The molecule has 2 atom stereocenters. The number of carboxylic acids is 2. The molecule has 0 saturated heterocycles. The highest BCUT2D eigenvalue weighted by molar-refractivity contribution is 5.70. The molecule has 0 bridgehead atoms. The van der Waals surface area contributed by atoms with Gasteiger partial charge in [-0.25, -0.2) is 0 Å². The van der Waals surface area contributed by atoms with E-state index < -0.39 is 11.9 Å². The summed E-state index contributed by atoms with van der Waals surface area (Å²) in [5.41, 5.74) is 0.00588. The van der Waals surface area contributed by atoms with Crippen molar-refractivity contribution in [1.29, 1.82) is 0 Å². The number of hydrogen-bond acceptors (Lipinski definition) is 3. The van der Waals surface area contributed by atoms with Crippen LogP contribution >= 0.6 is 0 Å². The van der Waals surface area contributed by atoms with Crippen LogP contribution in [0.4, 0.5) is 0 Å². The monoisotopic (exact) mass is 312 g/mol.